The Morgan fingerprint density at radius 1 is 1.37 bits per heavy atom. The number of H-pyrrole nitrogens is 1. The lowest BCUT2D eigenvalue weighted by Crippen LogP contribution is -2.34. The maximum absolute atomic E-state index is 12.0. The molecule has 1 heterocycles. The number of nitrogens with one attached hydrogen (secondary N) is 3. The minimum atomic E-state index is -0.298. The number of hydrogen-bond donors (Lipinski definition) is 3. The molecule has 1 aromatic heterocycles. The Labute approximate surface area is 112 Å². The third kappa shape index (κ3) is 3.81. The lowest BCUT2D eigenvalue weighted by molar-refractivity contribution is 0.0905. The first-order chi connectivity index (χ1) is 8.87. The summed E-state index contributed by atoms with van der Waals surface area (Å²) in [7, 11) is 0. The Morgan fingerprint density at radius 2 is 2.05 bits per heavy atom. The Balaban J connectivity index is 2.01. The molecule has 0 aromatic carbocycles. The van der Waals surface area contributed by atoms with Crippen LogP contribution in [0.15, 0.2) is 6.33 Å². The van der Waals surface area contributed by atoms with Crippen molar-refractivity contribution < 1.29 is 9.59 Å². The summed E-state index contributed by atoms with van der Waals surface area (Å²) < 4.78 is 0. The van der Waals surface area contributed by atoms with Gasteiger partial charge >= 0.3 is 0 Å². The van der Waals surface area contributed by atoms with Gasteiger partial charge < -0.3 is 15.6 Å². The van der Waals surface area contributed by atoms with Crippen molar-refractivity contribution in [1.29, 1.82) is 0 Å². The highest BCUT2D eigenvalue weighted by molar-refractivity contribution is 6.04. The van der Waals surface area contributed by atoms with Gasteiger partial charge in [0, 0.05) is 12.6 Å². The average Bonchev–Trinajstić information content (AvgIpc) is 2.98. The number of amides is 2. The van der Waals surface area contributed by atoms with Crippen LogP contribution in [0, 0.1) is 5.41 Å². The summed E-state index contributed by atoms with van der Waals surface area (Å²) in [5.74, 6) is -0.585. The fourth-order valence-electron chi connectivity index (χ4n) is 1.55. The third-order valence-corrected chi connectivity index (χ3v) is 2.77. The van der Waals surface area contributed by atoms with Gasteiger partial charge in [-0.15, -0.1) is 0 Å². The van der Waals surface area contributed by atoms with E-state index >= 15 is 0 Å². The van der Waals surface area contributed by atoms with Crippen LogP contribution in [0.5, 0.6) is 0 Å². The predicted octanol–water partition coefficient (Wildman–Crippen LogP) is 1.08. The largest absolute Gasteiger partial charge is 0.350 e. The number of nitrogens with zero attached hydrogens (tertiary/aromatic N) is 1. The van der Waals surface area contributed by atoms with Crippen molar-refractivity contribution in [1.82, 2.24) is 20.6 Å². The molecule has 0 unspecified atom stereocenters. The molecule has 0 radical (unpaired) electrons. The molecule has 0 bridgehead atoms. The van der Waals surface area contributed by atoms with Gasteiger partial charge in [0.15, 0.2) is 5.69 Å². The topological polar surface area (TPSA) is 86.9 Å². The summed E-state index contributed by atoms with van der Waals surface area (Å²) in [4.78, 5) is 30.6. The predicted molar refractivity (Wildman–Crippen MR) is 70.9 cm³/mol. The molecule has 1 fully saturated rings. The maximum Gasteiger partial charge on any atom is 0.272 e. The Hall–Kier alpha value is -1.85. The Morgan fingerprint density at radius 3 is 2.63 bits per heavy atom. The number of carbonyl (C=O) groups excluding carboxylic acids is 2. The van der Waals surface area contributed by atoms with E-state index in [4.69, 9.17) is 0 Å². The van der Waals surface area contributed by atoms with Crippen LogP contribution in [0.1, 0.15) is 54.6 Å². The lowest BCUT2D eigenvalue weighted by Gasteiger charge is -2.18. The van der Waals surface area contributed by atoms with Crippen LogP contribution in [0.25, 0.3) is 0 Å². The first kappa shape index (κ1) is 13.6. The summed E-state index contributed by atoms with van der Waals surface area (Å²) in [5, 5.41) is 5.62. The molecule has 6 heteroatoms. The fraction of sp³-hybridized carbons (Fsp3) is 0.615. The Bertz CT molecular complexity index is 483. The van der Waals surface area contributed by atoms with E-state index in [9.17, 15) is 9.59 Å². The van der Waals surface area contributed by atoms with Crippen LogP contribution in [-0.4, -0.2) is 34.4 Å². The van der Waals surface area contributed by atoms with Crippen LogP contribution in [0.4, 0.5) is 0 Å². The summed E-state index contributed by atoms with van der Waals surface area (Å²) >= 11 is 0. The van der Waals surface area contributed by atoms with Crippen molar-refractivity contribution in [3.8, 4) is 0 Å². The maximum atomic E-state index is 12.0. The Kier molecular flexibility index (Phi) is 3.59. The number of hydrogen-bond acceptors (Lipinski definition) is 3. The van der Waals surface area contributed by atoms with Gasteiger partial charge in [-0.3, -0.25) is 9.59 Å². The molecule has 1 aliphatic carbocycles. The molecule has 0 atom stereocenters. The second kappa shape index (κ2) is 5.03. The molecule has 104 valence electrons. The second-order valence-electron chi connectivity index (χ2n) is 6.12. The van der Waals surface area contributed by atoms with Gasteiger partial charge in [0.1, 0.15) is 5.69 Å². The van der Waals surface area contributed by atoms with Crippen molar-refractivity contribution in [2.75, 3.05) is 6.54 Å². The van der Waals surface area contributed by atoms with Crippen molar-refractivity contribution in [2.45, 2.75) is 39.7 Å². The van der Waals surface area contributed by atoms with Crippen LogP contribution < -0.4 is 10.6 Å². The van der Waals surface area contributed by atoms with E-state index in [0.717, 1.165) is 12.8 Å². The lowest BCUT2D eigenvalue weighted by atomic mass is 9.97. The van der Waals surface area contributed by atoms with Crippen LogP contribution in [0.2, 0.25) is 0 Å². The number of imidazole rings is 1. The smallest absolute Gasteiger partial charge is 0.272 e. The second-order valence-corrected chi connectivity index (χ2v) is 6.12. The van der Waals surface area contributed by atoms with Gasteiger partial charge in [-0.25, -0.2) is 4.98 Å². The molecule has 0 saturated heterocycles. The van der Waals surface area contributed by atoms with Crippen LogP contribution in [0.3, 0.4) is 0 Å². The van der Waals surface area contributed by atoms with E-state index in [1.54, 1.807) is 0 Å². The minimum Gasteiger partial charge on any atom is -0.350 e. The molecular weight excluding hydrogens is 244 g/mol. The molecular formula is C13H20N4O2. The highest BCUT2D eigenvalue weighted by Gasteiger charge is 2.27. The number of aromatic amines is 1. The number of rotatable bonds is 4. The van der Waals surface area contributed by atoms with E-state index < -0.39 is 0 Å². The highest BCUT2D eigenvalue weighted by Crippen LogP contribution is 2.19. The molecule has 0 spiro atoms. The van der Waals surface area contributed by atoms with Crippen molar-refractivity contribution in [3.05, 3.63) is 17.7 Å². The normalized spacial score (nSPS) is 15.1. The van der Waals surface area contributed by atoms with E-state index in [0.29, 0.717) is 6.54 Å². The molecule has 1 aromatic rings. The molecule has 6 nitrogen and oxygen atoms in total. The zero-order valence-electron chi connectivity index (χ0n) is 11.5. The molecule has 2 rings (SSSR count). The first-order valence-corrected chi connectivity index (χ1v) is 6.49. The molecule has 2 amide bonds. The minimum absolute atomic E-state index is 0.00782. The molecule has 3 N–H and O–H groups in total. The SMILES string of the molecule is CC(C)(C)CNC(=O)c1[nH]cnc1C(=O)NC1CC1. The number of carbonyl (C=O) groups is 2. The molecule has 19 heavy (non-hydrogen) atoms. The number of aromatic nitrogens is 2. The van der Waals surface area contributed by atoms with E-state index in [1.807, 2.05) is 20.8 Å². The van der Waals surface area contributed by atoms with Gasteiger partial charge in [0.2, 0.25) is 0 Å². The monoisotopic (exact) mass is 264 g/mol. The highest BCUT2D eigenvalue weighted by atomic mass is 16.2. The van der Waals surface area contributed by atoms with Crippen LogP contribution >= 0.6 is 0 Å². The third-order valence-electron chi connectivity index (χ3n) is 2.77. The van der Waals surface area contributed by atoms with Gasteiger partial charge in [0.05, 0.1) is 6.33 Å². The summed E-state index contributed by atoms with van der Waals surface area (Å²) in [6, 6.07) is 0.245. The van der Waals surface area contributed by atoms with Gasteiger partial charge in [-0.2, -0.15) is 0 Å². The summed E-state index contributed by atoms with van der Waals surface area (Å²) in [6.45, 7) is 6.62. The van der Waals surface area contributed by atoms with Crippen molar-refractivity contribution in [2.24, 2.45) is 5.41 Å². The molecule has 1 saturated carbocycles. The van der Waals surface area contributed by atoms with Crippen LogP contribution in [-0.2, 0) is 0 Å². The zero-order chi connectivity index (χ0) is 14.0. The van der Waals surface area contributed by atoms with E-state index in [1.165, 1.54) is 6.33 Å². The quantitative estimate of drug-likeness (QED) is 0.760. The molecule has 0 aliphatic heterocycles. The zero-order valence-corrected chi connectivity index (χ0v) is 11.5. The van der Waals surface area contributed by atoms with Crippen molar-refractivity contribution in [3.63, 3.8) is 0 Å². The summed E-state index contributed by atoms with van der Waals surface area (Å²) in [6.07, 6.45) is 3.37. The first-order valence-electron chi connectivity index (χ1n) is 6.49. The van der Waals surface area contributed by atoms with E-state index in [2.05, 4.69) is 20.6 Å². The standard InChI is InChI=1S/C13H20N4O2/c1-13(2,3)6-14-11(18)9-10(16-7-15-9)12(19)17-8-4-5-8/h7-8H,4-6H2,1-3H3,(H,14,18)(H,15,16)(H,17,19). The average molecular weight is 264 g/mol. The van der Waals surface area contributed by atoms with Gasteiger partial charge in [0.25, 0.3) is 11.8 Å². The fourth-order valence-corrected chi connectivity index (χ4v) is 1.55. The van der Waals surface area contributed by atoms with Gasteiger partial charge in [-0.1, -0.05) is 20.8 Å². The molecule has 1 aliphatic rings. The summed E-state index contributed by atoms with van der Waals surface area (Å²) in [5.41, 5.74) is 0.382. The van der Waals surface area contributed by atoms with Crippen molar-refractivity contribution >= 4 is 11.8 Å². The van der Waals surface area contributed by atoms with Gasteiger partial charge in [-0.05, 0) is 18.3 Å². The van der Waals surface area contributed by atoms with E-state index in [-0.39, 0.29) is 34.7 Å².